The monoisotopic (exact) mass is 371 g/mol. The Hall–Kier alpha value is -3.18. The van der Waals surface area contributed by atoms with Crippen LogP contribution in [0.4, 0.5) is 11.4 Å². The fourth-order valence-electron chi connectivity index (χ4n) is 2.40. The quantitative estimate of drug-likeness (QED) is 0.422. The first-order valence-corrected chi connectivity index (χ1v) is 9.10. The lowest BCUT2D eigenvalue weighted by Gasteiger charge is -2.23. The lowest BCUT2D eigenvalue weighted by Crippen LogP contribution is -2.31. The highest BCUT2D eigenvalue weighted by Gasteiger charge is 2.26. The Bertz CT molecular complexity index is 976. The van der Waals surface area contributed by atoms with Crippen molar-refractivity contribution < 1.29 is 13.3 Å². The predicted octanol–water partition coefficient (Wildman–Crippen LogP) is 3.35. The molecule has 0 radical (unpaired) electrons. The van der Waals surface area contributed by atoms with Gasteiger partial charge in [-0.3, -0.25) is 14.4 Å². The van der Waals surface area contributed by atoms with Gasteiger partial charge in [-0.05, 0) is 30.7 Å². The lowest BCUT2D eigenvalue weighted by atomic mass is 10.1. The first-order valence-electron chi connectivity index (χ1n) is 7.66. The van der Waals surface area contributed by atoms with E-state index in [0.717, 1.165) is 15.9 Å². The van der Waals surface area contributed by atoms with Crippen molar-refractivity contribution in [2.45, 2.75) is 18.2 Å². The number of rotatable bonds is 7. The fourth-order valence-corrected chi connectivity index (χ4v) is 3.86. The van der Waals surface area contributed by atoms with E-state index in [4.69, 9.17) is 5.26 Å². The molecule has 0 aliphatic carbocycles. The SMILES string of the molecule is C=CCN(c1ccc(CC#N)cc1)S(=O)(=O)c1ccc(C)c([N+](=O)[O-])c1. The summed E-state index contributed by atoms with van der Waals surface area (Å²) < 4.78 is 27.2. The number of hydrogen-bond acceptors (Lipinski definition) is 5. The van der Waals surface area contributed by atoms with Gasteiger partial charge in [0.2, 0.25) is 0 Å². The highest BCUT2D eigenvalue weighted by atomic mass is 32.2. The number of benzene rings is 2. The van der Waals surface area contributed by atoms with E-state index < -0.39 is 14.9 Å². The summed E-state index contributed by atoms with van der Waals surface area (Å²) in [6, 6.07) is 12.4. The molecule has 0 fully saturated rings. The van der Waals surface area contributed by atoms with E-state index in [0.29, 0.717) is 11.3 Å². The third-order valence-corrected chi connectivity index (χ3v) is 5.56. The van der Waals surface area contributed by atoms with E-state index >= 15 is 0 Å². The summed E-state index contributed by atoms with van der Waals surface area (Å²) in [5, 5.41) is 19.8. The van der Waals surface area contributed by atoms with Crippen molar-refractivity contribution in [1.29, 1.82) is 5.26 Å². The topological polar surface area (TPSA) is 104 Å². The predicted molar refractivity (Wildman–Crippen MR) is 98.3 cm³/mol. The molecule has 0 unspecified atom stereocenters. The van der Waals surface area contributed by atoms with Crippen molar-refractivity contribution in [3.8, 4) is 6.07 Å². The van der Waals surface area contributed by atoms with Crippen LogP contribution in [0.2, 0.25) is 0 Å². The molecular weight excluding hydrogens is 354 g/mol. The Balaban J connectivity index is 2.51. The van der Waals surface area contributed by atoms with Gasteiger partial charge in [0.05, 0.1) is 34.5 Å². The molecule has 26 heavy (non-hydrogen) atoms. The van der Waals surface area contributed by atoms with Crippen molar-refractivity contribution in [2.75, 3.05) is 10.8 Å². The van der Waals surface area contributed by atoms with Gasteiger partial charge in [-0.2, -0.15) is 5.26 Å². The van der Waals surface area contributed by atoms with E-state index in [9.17, 15) is 18.5 Å². The van der Waals surface area contributed by atoms with Gasteiger partial charge < -0.3 is 0 Å². The van der Waals surface area contributed by atoms with Crippen LogP contribution in [0.25, 0.3) is 0 Å². The first kappa shape index (κ1) is 19.1. The first-order chi connectivity index (χ1) is 12.3. The Labute approximate surface area is 152 Å². The van der Waals surface area contributed by atoms with E-state index in [-0.39, 0.29) is 23.5 Å². The Kier molecular flexibility index (Phi) is 5.75. The minimum Gasteiger partial charge on any atom is -0.263 e. The minimum absolute atomic E-state index is 0.00159. The summed E-state index contributed by atoms with van der Waals surface area (Å²) >= 11 is 0. The molecule has 0 aromatic heterocycles. The third-order valence-electron chi connectivity index (χ3n) is 3.77. The molecule has 8 heteroatoms. The number of anilines is 1. The second-order valence-electron chi connectivity index (χ2n) is 5.53. The van der Waals surface area contributed by atoms with Crippen molar-refractivity contribution in [3.63, 3.8) is 0 Å². The average Bonchev–Trinajstić information content (AvgIpc) is 2.60. The van der Waals surface area contributed by atoms with Gasteiger partial charge in [-0.25, -0.2) is 8.42 Å². The molecule has 0 heterocycles. The number of nitro benzene ring substituents is 1. The number of nitrogens with zero attached hydrogens (tertiary/aromatic N) is 3. The van der Waals surface area contributed by atoms with Crippen LogP contribution in [0.1, 0.15) is 11.1 Å². The third kappa shape index (κ3) is 3.90. The van der Waals surface area contributed by atoms with E-state index in [1.54, 1.807) is 31.2 Å². The molecule has 2 aromatic rings. The fraction of sp³-hybridized carbons (Fsp3) is 0.167. The Morgan fingerprint density at radius 1 is 1.27 bits per heavy atom. The molecule has 0 N–H and O–H groups in total. The zero-order valence-electron chi connectivity index (χ0n) is 14.1. The van der Waals surface area contributed by atoms with E-state index in [2.05, 4.69) is 6.58 Å². The highest BCUT2D eigenvalue weighted by molar-refractivity contribution is 7.92. The molecule has 0 saturated carbocycles. The van der Waals surface area contributed by atoms with Crippen LogP contribution >= 0.6 is 0 Å². The molecule has 0 bridgehead atoms. The molecular formula is C18H17N3O4S. The van der Waals surface area contributed by atoms with Crippen LogP contribution in [-0.4, -0.2) is 19.9 Å². The van der Waals surface area contributed by atoms with Crippen molar-refractivity contribution in [3.05, 3.63) is 76.4 Å². The largest absolute Gasteiger partial charge is 0.273 e. The second kappa shape index (κ2) is 7.80. The van der Waals surface area contributed by atoms with Crippen LogP contribution < -0.4 is 4.31 Å². The normalized spacial score (nSPS) is 10.8. The average molecular weight is 371 g/mol. The zero-order chi connectivity index (χ0) is 19.3. The number of nitro groups is 1. The van der Waals surface area contributed by atoms with Crippen LogP contribution in [0.5, 0.6) is 0 Å². The second-order valence-corrected chi connectivity index (χ2v) is 7.39. The minimum atomic E-state index is -4.02. The van der Waals surface area contributed by atoms with Gasteiger partial charge in [0.15, 0.2) is 0 Å². The molecule has 0 atom stereocenters. The molecule has 0 saturated heterocycles. The molecule has 2 rings (SSSR count). The van der Waals surface area contributed by atoms with Crippen molar-refractivity contribution in [1.82, 2.24) is 0 Å². The van der Waals surface area contributed by atoms with Crippen LogP contribution in [-0.2, 0) is 16.4 Å². The smallest absolute Gasteiger partial charge is 0.263 e. The summed E-state index contributed by atoms with van der Waals surface area (Å²) in [4.78, 5) is 10.3. The summed E-state index contributed by atoms with van der Waals surface area (Å²) in [6.45, 7) is 5.13. The molecule has 2 aromatic carbocycles. The molecule has 0 aliphatic rings. The van der Waals surface area contributed by atoms with Crippen molar-refractivity contribution in [2.24, 2.45) is 0 Å². The van der Waals surface area contributed by atoms with Gasteiger partial charge >= 0.3 is 0 Å². The number of hydrogen-bond donors (Lipinski definition) is 0. The number of sulfonamides is 1. The molecule has 0 spiro atoms. The summed E-state index contributed by atoms with van der Waals surface area (Å²) in [5.41, 5.74) is 1.27. The molecule has 134 valence electrons. The molecule has 7 nitrogen and oxygen atoms in total. The van der Waals surface area contributed by atoms with Gasteiger partial charge in [0.1, 0.15) is 0 Å². The summed E-state index contributed by atoms with van der Waals surface area (Å²) in [6.07, 6.45) is 1.65. The Morgan fingerprint density at radius 2 is 1.92 bits per heavy atom. The lowest BCUT2D eigenvalue weighted by molar-refractivity contribution is -0.385. The van der Waals surface area contributed by atoms with Crippen LogP contribution in [0, 0.1) is 28.4 Å². The number of nitriles is 1. The summed E-state index contributed by atoms with van der Waals surface area (Å²) in [7, 11) is -4.02. The standard InChI is InChI=1S/C18H17N3O4S/c1-3-12-20(16-7-5-15(6-8-16)10-11-19)26(24,25)17-9-4-14(2)18(13-17)21(22)23/h3-9,13H,1,10,12H2,2H3. The van der Waals surface area contributed by atoms with Gasteiger partial charge in [-0.15, -0.1) is 6.58 Å². The van der Waals surface area contributed by atoms with Crippen molar-refractivity contribution >= 4 is 21.4 Å². The molecule has 0 aliphatic heterocycles. The van der Waals surface area contributed by atoms with E-state index in [1.165, 1.54) is 18.2 Å². The van der Waals surface area contributed by atoms with Crippen LogP contribution in [0.15, 0.2) is 60.0 Å². The van der Waals surface area contributed by atoms with Gasteiger partial charge in [0, 0.05) is 11.6 Å². The number of aryl methyl sites for hydroxylation is 1. The maximum atomic E-state index is 13.0. The highest BCUT2D eigenvalue weighted by Crippen LogP contribution is 2.28. The maximum absolute atomic E-state index is 13.0. The molecule has 0 amide bonds. The van der Waals surface area contributed by atoms with E-state index in [1.807, 2.05) is 6.07 Å². The Morgan fingerprint density at radius 3 is 2.46 bits per heavy atom. The summed E-state index contributed by atoms with van der Waals surface area (Å²) in [5.74, 6) is 0. The zero-order valence-corrected chi connectivity index (χ0v) is 14.9. The van der Waals surface area contributed by atoms with Gasteiger partial charge in [-0.1, -0.05) is 24.3 Å². The van der Waals surface area contributed by atoms with Gasteiger partial charge in [0.25, 0.3) is 15.7 Å². The van der Waals surface area contributed by atoms with Crippen LogP contribution in [0.3, 0.4) is 0 Å². The maximum Gasteiger partial charge on any atom is 0.273 e.